The SMILES string of the molecule is CCC(c1nc(CCl)cs1)N1CCC(OC)CC1. The van der Waals surface area contributed by atoms with Crippen molar-refractivity contribution in [3.63, 3.8) is 0 Å². The first-order valence-electron chi connectivity index (χ1n) is 6.55. The fraction of sp³-hybridized carbons (Fsp3) is 0.769. The summed E-state index contributed by atoms with van der Waals surface area (Å²) in [5.41, 5.74) is 1.00. The summed E-state index contributed by atoms with van der Waals surface area (Å²) in [6.45, 7) is 4.44. The lowest BCUT2D eigenvalue weighted by molar-refractivity contribution is 0.0261. The van der Waals surface area contributed by atoms with Crippen LogP contribution in [0.25, 0.3) is 0 Å². The summed E-state index contributed by atoms with van der Waals surface area (Å²) in [7, 11) is 1.81. The van der Waals surface area contributed by atoms with Crippen LogP contribution in [0, 0.1) is 0 Å². The third-order valence-corrected chi connectivity index (χ3v) is 4.90. The Labute approximate surface area is 118 Å². The first-order valence-corrected chi connectivity index (χ1v) is 7.97. The van der Waals surface area contributed by atoms with Gasteiger partial charge >= 0.3 is 0 Å². The Hall–Kier alpha value is -0.160. The van der Waals surface area contributed by atoms with Gasteiger partial charge in [0.15, 0.2) is 0 Å². The number of methoxy groups -OCH3 is 1. The Morgan fingerprint density at radius 1 is 1.56 bits per heavy atom. The van der Waals surface area contributed by atoms with Crippen molar-refractivity contribution in [3.05, 3.63) is 16.1 Å². The van der Waals surface area contributed by atoms with E-state index in [4.69, 9.17) is 16.3 Å². The topological polar surface area (TPSA) is 25.4 Å². The van der Waals surface area contributed by atoms with Crippen molar-refractivity contribution >= 4 is 22.9 Å². The van der Waals surface area contributed by atoms with Crippen molar-refractivity contribution in [2.75, 3.05) is 20.2 Å². The lowest BCUT2D eigenvalue weighted by Gasteiger charge is -2.35. The van der Waals surface area contributed by atoms with Crippen molar-refractivity contribution in [2.45, 2.75) is 44.2 Å². The first-order chi connectivity index (χ1) is 8.78. The normalized spacial score (nSPS) is 20.2. The van der Waals surface area contributed by atoms with E-state index in [1.54, 1.807) is 11.3 Å². The zero-order chi connectivity index (χ0) is 13.0. The van der Waals surface area contributed by atoms with Crippen LogP contribution in [0.5, 0.6) is 0 Å². The van der Waals surface area contributed by atoms with Gasteiger partial charge in [0.05, 0.1) is 23.7 Å². The molecule has 0 amide bonds. The molecule has 1 atom stereocenters. The number of likely N-dealkylation sites (tertiary alicyclic amines) is 1. The third-order valence-electron chi connectivity index (χ3n) is 3.63. The number of hydrogen-bond acceptors (Lipinski definition) is 4. The highest BCUT2D eigenvalue weighted by Gasteiger charge is 2.26. The first kappa shape index (κ1) is 14.3. The Morgan fingerprint density at radius 2 is 2.28 bits per heavy atom. The molecule has 5 heteroatoms. The lowest BCUT2D eigenvalue weighted by Crippen LogP contribution is -2.38. The molecule has 0 aromatic carbocycles. The zero-order valence-electron chi connectivity index (χ0n) is 11.1. The van der Waals surface area contributed by atoms with Crippen molar-refractivity contribution in [1.82, 2.24) is 9.88 Å². The van der Waals surface area contributed by atoms with Gasteiger partial charge in [-0.1, -0.05) is 6.92 Å². The van der Waals surface area contributed by atoms with E-state index in [9.17, 15) is 0 Å². The van der Waals surface area contributed by atoms with Gasteiger partial charge in [-0.25, -0.2) is 4.98 Å². The van der Waals surface area contributed by atoms with Gasteiger partial charge in [0.25, 0.3) is 0 Å². The number of rotatable bonds is 5. The maximum absolute atomic E-state index is 5.83. The smallest absolute Gasteiger partial charge is 0.110 e. The second kappa shape index (κ2) is 6.85. The maximum atomic E-state index is 5.83. The predicted octanol–water partition coefficient (Wildman–Crippen LogP) is 3.44. The molecule has 2 heterocycles. The number of aromatic nitrogens is 1. The molecule has 0 spiro atoms. The van der Waals surface area contributed by atoms with Gasteiger partial charge < -0.3 is 4.74 Å². The highest BCUT2D eigenvalue weighted by Crippen LogP contribution is 2.30. The van der Waals surface area contributed by atoms with Gasteiger partial charge in [0, 0.05) is 25.6 Å². The van der Waals surface area contributed by atoms with E-state index in [1.807, 2.05) is 7.11 Å². The second-order valence-corrected chi connectivity index (χ2v) is 5.86. The van der Waals surface area contributed by atoms with E-state index >= 15 is 0 Å². The highest BCUT2D eigenvalue weighted by molar-refractivity contribution is 7.09. The molecule has 1 aromatic rings. The summed E-state index contributed by atoms with van der Waals surface area (Å²) in [5.74, 6) is 0.513. The van der Waals surface area contributed by atoms with Gasteiger partial charge in [-0.3, -0.25) is 4.90 Å². The summed E-state index contributed by atoms with van der Waals surface area (Å²) in [6.07, 6.45) is 3.79. The van der Waals surface area contributed by atoms with Crippen LogP contribution in [-0.4, -0.2) is 36.2 Å². The molecule has 1 aliphatic heterocycles. The standard InChI is InChI=1S/C13H21ClN2OS/c1-3-12(13-15-10(8-14)9-18-13)16-6-4-11(17-2)5-7-16/h9,11-12H,3-8H2,1-2H3. The average Bonchev–Trinajstić information content (AvgIpc) is 2.89. The quantitative estimate of drug-likeness (QED) is 0.776. The molecule has 1 fully saturated rings. The van der Waals surface area contributed by atoms with Crippen molar-refractivity contribution in [1.29, 1.82) is 0 Å². The fourth-order valence-electron chi connectivity index (χ4n) is 2.55. The monoisotopic (exact) mass is 288 g/mol. The van der Waals surface area contributed by atoms with Crippen LogP contribution < -0.4 is 0 Å². The largest absolute Gasteiger partial charge is 0.381 e. The number of alkyl halides is 1. The molecule has 0 bridgehead atoms. The molecule has 18 heavy (non-hydrogen) atoms. The van der Waals surface area contributed by atoms with E-state index in [-0.39, 0.29) is 0 Å². The number of ether oxygens (including phenoxy) is 1. The minimum atomic E-state index is 0.438. The van der Waals surface area contributed by atoms with Crippen molar-refractivity contribution < 1.29 is 4.74 Å². The van der Waals surface area contributed by atoms with Crippen molar-refractivity contribution in [2.24, 2.45) is 0 Å². The predicted molar refractivity (Wildman–Crippen MR) is 76.3 cm³/mol. The number of halogens is 1. The number of piperidine rings is 1. The molecule has 0 aliphatic carbocycles. The Kier molecular flexibility index (Phi) is 5.42. The molecule has 3 nitrogen and oxygen atoms in total. The molecule has 1 aromatic heterocycles. The van der Waals surface area contributed by atoms with Gasteiger partial charge in [0.2, 0.25) is 0 Å². The Morgan fingerprint density at radius 3 is 2.78 bits per heavy atom. The summed E-state index contributed by atoms with van der Waals surface area (Å²) in [6, 6.07) is 0.449. The fourth-order valence-corrected chi connectivity index (χ4v) is 3.81. The van der Waals surface area contributed by atoms with Gasteiger partial charge in [-0.15, -0.1) is 22.9 Å². The van der Waals surface area contributed by atoms with E-state index in [0.29, 0.717) is 18.0 Å². The van der Waals surface area contributed by atoms with Crippen LogP contribution in [-0.2, 0) is 10.6 Å². The number of nitrogens with zero attached hydrogens (tertiary/aromatic N) is 2. The van der Waals surface area contributed by atoms with Crippen LogP contribution >= 0.6 is 22.9 Å². The molecule has 0 radical (unpaired) electrons. The van der Waals surface area contributed by atoms with E-state index in [0.717, 1.165) is 38.0 Å². The van der Waals surface area contributed by atoms with Crippen LogP contribution in [0.3, 0.4) is 0 Å². The molecule has 1 saturated heterocycles. The molecule has 0 saturated carbocycles. The summed E-state index contributed by atoms with van der Waals surface area (Å²) in [4.78, 5) is 7.16. The van der Waals surface area contributed by atoms with Crippen molar-refractivity contribution in [3.8, 4) is 0 Å². The summed E-state index contributed by atoms with van der Waals surface area (Å²) in [5, 5.41) is 3.29. The van der Waals surface area contributed by atoms with Crippen LogP contribution in [0.4, 0.5) is 0 Å². The Balaban J connectivity index is 2.00. The zero-order valence-corrected chi connectivity index (χ0v) is 12.6. The molecule has 0 N–H and O–H groups in total. The molecule has 1 aliphatic rings. The second-order valence-electron chi connectivity index (χ2n) is 4.71. The van der Waals surface area contributed by atoms with Crippen LogP contribution in [0.15, 0.2) is 5.38 Å². The highest BCUT2D eigenvalue weighted by atomic mass is 35.5. The summed E-state index contributed by atoms with van der Waals surface area (Å²) >= 11 is 7.56. The number of thiazole rings is 1. The van der Waals surface area contributed by atoms with Gasteiger partial charge in [0.1, 0.15) is 5.01 Å². The third kappa shape index (κ3) is 3.23. The molecular formula is C13H21ClN2OS. The van der Waals surface area contributed by atoms with E-state index in [1.165, 1.54) is 5.01 Å². The van der Waals surface area contributed by atoms with Crippen LogP contribution in [0.2, 0.25) is 0 Å². The minimum Gasteiger partial charge on any atom is -0.381 e. The van der Waals surface area contributed by atoms with Gasteiger partial charge in [-0.05, 0) is 19.3 Å². The molecule has 1 unspecified atom stereocenters. The maximum Gasteiger partial charge on any atom is 0.110 e. The minimum absolute atomic E-state index is 0.438. The van der Waals surface area contributed by atoms with Crippen LogP contribution in [0.1, 0.15) is 42.9 Å². The number of hydrogen-bond donors (Lipinski definition) is 0. The molecule has 102 valence electrons. The average molecular weight is 289 g/mol. The van der Waals surface area contributed by atoms with E-state index in [2.05, 4.69) is 22.2 Å². The summed E-state index contributed by atoms with van der Waals surface area (Å²) < 4.78 is 5.42. The van der Waals surface area contributed by atoms with Gasteiger partial charge in [-0.2, -0.15) is 0 Å². The lowest BCUT2D eigenvalue weighted by atomic mass is 10.0. The molecule has 2 rings (SSSR count). The van der Waals surface area contributed by atoms with E-state index < -0.39 is 0 Å². The Bertz CT molecular complexity index is 364. The molecular weight excluding hydrogens is 268 g/mol.